The number of pyridine rings is 1. The molecule has 1 amide bonds. The number of anilines is 1. The standard InChI is InChI=1S/C28H17N3O5S/c32-24(17-8-7-15-4-1-2-5-16(15)12-17)22-23(19-6-3-11-29-14-19)31(26(34)25(22)33)28-30-20-10-9-18(27(35)36)13-21(20)37-28/h1-14,23,32H,(H,35,36)/b24-22+. The Labute approximate surface area is 213 Å². The maximum atomic E-state index is 13.4. The van der Waals surface area contributed by atoms with Crippen molar-refractivity contribution in [2.24, 2.45) is 0 Å². The molecule has 1 unspecified atom stereocenters. The van der Waals surface area contributed by atoms with Crippen LogP contribution in [-0.2, 0) is 9.59 Å². The molecule has 1 aliphatic heterocycles. The first-order valence-electron chi connectivity index (χ1n) is 11.3. The lowest BCUT2D eigenvalue weighted by Crippen LogP contribution is -2.29. The Kier molecular flexibility index (Phi) is 5.27. The number of Topliss-reactive ketones (excluding diaryl/α,β-unsaturated/α-hetero) is 1. The molecule has 3 aromatic carbocycles. The highest BCUT2D eigenvalue weighted by atomic mass is 32.1. The first-order chi connectivity index (χ1) is 17.9. The zero-order valence-corrected chi connectivity index (χ0v) is 19.8. The molecular weight excluding hydrogens is 490 g/mol. The molecule has 2 aromatic heterocycles. The van der Waals surface area contributed by atoms with E-state index in [1.54, 1.807) is 36.5 Å². The van der Waals surface area contributed by atoms with Gasteiger partial charge in [-0.2, -0.15) is 0 Å². The number of fused-ring (bicyclic) bond motifs is 2. The van der Waals surface area contributed by atoms with E-state index in [-0.39, 0.29) is 22.0 Å². The van der Waals surface area contributed by atoms with Gasteiger partial charge in [0.15, 0.2) is 5.13 Å². The van der Waals surface area contributed by atoms with Crippen molar-refractivity contribution in [1.29, 1.82) is 0 Å². The highest BCUT2D eigenvalue weighted by Crippen LogP contribution is 2.44. The molecule has 0 spiro atoms. The summed E-state index contributed by atoms with van der Waals surface area (Å²) in [6.07, 6.45) is 3.11. The number of thiazole rings is 1. The number of hydrogen-bond donors (Lipinski definition) is 2. The van der Waals surface area contributed by atoms with E-state index in [1.807, 2.05) is 30.3 Å². The number of hydrogen-bond acceptors (Lipinski definition) is 7. The van der Waals surface area contributed by atoms with E-state index in [0.717, 1.165) is 22.1 Å². The fraction of sp³-hybridized carbons (Fsp3) is 0.0357. The number of carbonyl (C=O) groups is 3. The molecule has 0 aliphatic carbocycles. The molecule has 1 aliphatic rings. The largest absolute Gasteiger partial charge is 0.507 e. The van der Waals surface area contributed by atoms with E-state index < -0.39 is 23.7 Å². The minimum absolute atomic E-state index is 0.0706. The second kappa shape index (κ2) is 8.65. The van der Waals surface area contributed by atoms with Gasteiger partial charge >= 0.3 is 11.9 Å². The van der Waals surface area contributed by atoms with Crippen LogP contribution in [0.5, 0.6) is 0 Å². The number of aliphatic hydroxyl groups excluding tert-OH is 1. The average molecular weight is 508 g/mol. The fourth-order valence-electron chi connectivity index (χ4n) is 4.52. The van der Waals surface area contributed by atoms with E-state index in [0.29, 0.717) is 21.3 Å². The lowest BCUT2D eigenvalue weighted by Gasteiger charge is -2.22. The van der Waals surface area contributed by atoms with Gasteiger partial charge in [0.25, 0.3) is 5.78 Å². The van der Waals surface area contributed by atoms with Gasteiger partial charge in [-0.25, -0.2) is 9.78 Å². The Balaban J connectivity index is 1.54. The third-order valence-electron chi connectivity index (χ3n) is 6.30. The number of amides is 1. The van der Waals surface area contributed by atoms with Crippen LogP contribution in [0.25, 0.3) is 26.7 Å². The lowest BCUT2D eigenvalue weighted by molar-refractivity contribution is -0.132. The zero-order valence-electron chi connectivity index (χ0n) is 19.0. The van der Waals surface area contributed by atoms with Crippen LogP contribution in [0.1, 0.15) is 27.5 Å². The van der Waals surface area contributed by atoms with Crippen molar-refractivity contribution < 1.29 is 24.6 Å². The minimum Gasteiger partial charge on any atom is -0.507 e. The zero-order chi connectivity index (χ0) is 25.7. The van der Waals surface area contributed by atoms with E-state index in [9.17, 15) is 24.6 Å². The number of aromatic nitrogens is 2. The number of nitrogens with zero attached hydrogens (tertiary/aromatic N) is 3. The SMILES string of the molecule is O=C1C(=O)N(c2nc3ccc(C(=O)O)cc3s2)C(c2cccnc2)/C1=C(\O)c1ccc2ccccc2c1. The van der Waals surface area contributed by atoms with E-state index in [4.69, 9.17) is 0 Å². The molecule has 3 heterocycles. The fourth-order valence-corrected chi connectivity index (χ4v) is 5.56. The van der Waals surface area contributed by atoms with Crippen LogP contribution in [0, 0.1) is 0 Å². The Hall–Kier alpha value is -4.89. The number of aromatic carboxylic acids is 1. The van der Waals surface area contributed by atoms with Gasteiger partial charge in [-0.1, -0.05) is 53.8 Å². The third-order valence-corrected chi connectivity index (χ3v) is 7.32. The predicted octanol–water partition coefficient (Wildman–Crippen LogP) is 5.17. The molecule has 1 atom stereocenters. The van der Waals surface area contributed by atoms with Gasteiger partial charge in [-0.05, 0) is 46.7 Å². The summed E-state index contributed by atoms with van der Waals surface area (Å²) in [5.41, 5.74) is 1.44. The van der Waals surface area contributed by atoms with Crippen LogP contribution in [0.3, 0.4) is 0 Å². The molecule has 1 saturated heterocycles. The summed E-state index contributed by atoms with van der Waals surface area (Å²) in [5, 5.41) is 22.8. The topological polar surface area (TPSA) is 121 Å². The van der Waals surface area contributed by atoms with Crippen molar-refractivity contribution in [3.05, 3.63) is 107 Å². The second-order valence-electron chi connectivity index (χ2n) is 8.50. The van der Waals surface area contributed by atoms with E-state index in [2.05, 4.69) is 9.97 Å². The molecule has 9 heteroatoms. The number of carboxylic acid groups (broad SMARTS) is 1. The highest BCUT2D eigenvalue weighted by molar-refractivity contribution is 7.22. The normalized spacial score (nSPS) is 17.1. The van der Waals surface area contributed by atoms with Gasteiger partial charge < -0.3 is 10.2 Å². The van der Waals surface area contributed by atoms with Gasteiger partial charge in [-0.15, -0.1) is 0 Å². The first kappa shape index (κ1) is 22.6. The van der Waals surface area contributed by atoms with Crippen LogP contribution in [0.4, 0.5) is 5.13 Å². The molecule has 6 rings (SSSR count). The molecule has 37 heavy (non-hydrogen) atoms. The van der Waals surface area contributed by atoms with Crippen LogP contribution in [-0.4, -0.2) is 37.8 Å². The second-order valence-corrected chi connectivity index (χ2v) is 9.51. The summed E-state index contributed by atoms with van der Waals surface area (Å²) < 4.78 is 0.552. The van der Waals surface area contributed by atoms with Gasteiger partial charge in [0.05, 0.1) is 27.4 Å². The Morgan fingerprint density at radius 1 is 0.892 bits per heavy atom. The van der Waals surface area contributed by atoms with Crippen molar-refractivity contribution >= 4 is 60.9 Å². The number of rotatable bonds is 4. The van der Waals surface area contributed by atoms with Gasteiger partial charge in [0.1, 0.15) is 5.76 Å². The van der Waals surface area contributed by atoms with Gasteiger partial charge in [0, 0.05) is 18.0 Å². The third kappa shape index (κ3) is 3.73. The van der Waals surface area contributed by atoms with Crippen molar-refractivity contribution in [3.63, 3.8) is 0 Å². The quantitative estimate of drug-likeness (QED) is 0.196. The molecular formula is C28H17N3O5S. The average Bonchev–Trinajstić information content (AvgIpc) is 3.46. The number of benzene rings is 3. The van der Waals surface area contributed by atoms with Gasteiger partial charge in [0.2, 0.25) is 0 Å². The van der Waals surface area contributed by atoms with E-state index in [1.165, 1.54) is 23.2 Å². The molecule has 5 aromatic rings. The van der Waals surface area contributed by atoms with E-state index >= 15 is 0 Å². The number of carbonyl (C=O) groups excluding carboxylic acids is 2. The maximum Gasteiger partial charge on any atom is 0.335 e. The minimum atomic E-state index is -1.08. The molecule has 8 nitrogen and oxygen atoms in total. The van der Waals surface area contributed by atoms with Crippen LogP contribution in [0.2, 0.25) is 0 Å². The summed E-state index contributed by atoms with van der Waals surface area (Å²) in [7, 11) is 0. The molecule has 2 N–H and O–H groups in total. The number of ketones is 1. The molecule has 1 fully saturated rings. The Morgan fingerprint density at radius 2 is 1.68 bits per heavy atom. The van der Waals surface area contributed by atoms with Crippen LogP contribution < -0.4 is 4.90 Å². The summed E-state index contributed by atoms with van der Waals surface area (Å²) >= 11 is 1.10. The Morgan fingerprint density at radius 3 is 2.43 bits per heavy atom. The van der Waals surface area contributed by atoms with Gasteiger partial charge in [-0.3, -0.25) is 19.5 Å². The molecule has 0 radical (unpaired) electrons. The van der Waals surface area contributed by atoms with Crippen molar-refractivity contribution in [1.82, 2.24) is 9.97 Å². The molecule has 180 valence electrons. The molecule has 0 saturated carbocycles. The van der Waals surface area contributed by atoms with Crippen LogP contribution in [0.15, 0.2) is 90.8 Å². The van der Waals surface area contributed by atoms with Crippen molar-refractivity contribution in [3.8, 4) is 0 Å². The number of aliphatic hydroxyl groups is 1. The smallest absolute Gasteiger partial charge is 0.335 e. The maximum absolute atomic E-state index is 13.4. The lowest BCUT2D eigenvalue weighted by atomic mass is 9.95. The summed E-state index contributed by atoms with van der Waals surface area (Å²) in [5.74, 6) is -3.06. The molecule has 0 bridgehead atoms. The Bertz CT molecular complexity index is 1780. The highest BCUT2D eigenvalue weighted by Gasteiger charge is 2.48. The van der Waals surface area contributed by atoms with Crippen LogP contribution >= 0.6 is 11.3 Å². The monoisotopic (exact) mass is 507 g/mol. The summed E-state index contributed by atoms with van der Waals surface area (Å²) in [6, 6.07) is 19.8. The van der Waals surface area contributed by atoms with Crippen molar-refractivity contribution in [2.45, 2.75) is 6.04 Å². The number of carboxylic acids is 1. The van der Waals surface area contributed by atoms with Crippen molar-refractivity contribution in [2.75, 3.05) is 4.90 Å². The summed E-state index contributed by atoms with van der Waals surface area (Å²) in [4.78, 5) is 48.1. The predicted molar refractivity (Wildman–Crippen MR) is 140 cm³/mol. The first-order valence-corrected chi connectivity index (χ1v) is 12.1. The summed E-state index contributed by atoms with van der Waals surface area (Å²) in [6.45, 7) is 0.